The Kier molecular flexibility index (Phi) is 4.34. The van der Waals surface area contributed by atoms with Gasteiger partial charge in [0.25, 0.3) is 0 Å². The van der Waals surface area contributed by atoms with E-state index in [1.807, 2.05) is 0 Å². The number of aliphatic hydroxyl groups excluding tert-OH is 1. The van der Waals surface area contributed by atoms with Gasteiger partial charge in [-0.3, -0.25) is 0 Å². The van der Waals surface area contributed by atoms with Gasteiger partial charge in [0, 0.05) is 25.7 Å². The topological polar surface area (TPSA) is 44.3 Å². The highest BCUT2D eigenvalue weighted by atomic mass is 16.3. The van der Waals surface area contributed by atoms with Gasteiger partial charge in [0.1, 0.15) is 0 Å². The van der Waals surface area contributed by atoms with E-state index < -0.39 is 0 Å². The van der Waals surface area contributed by atoms with Crippen LogP contribution in [0.1, 0.15) is 40.0 Å². The zero-order valence-electron chi connectivity index (χ0n) is 16.6. The zero-order valence-corrected chi connectivity index (χ0v) is 16.6. The highest BCUT2D eigenvalue weighted by Crippen LogP contribution is 2.82. The fraction of sp³-hybridized carbons (Fsp3) is 0.826. The fourth-order valence-electron chi connectivity index (χ4n) is 8.12. The molecule has 10 unspecified atom stereocenters. The third-order valence-corrected chi connectivity index (χ3v) is 8.73. The molecule has 0 spiro atoms. The Morgan fingerprint density at radius 2 is 1.69 bits per heavy atom. The molecule has 5 aliphatic rings. The van der Waals surface area contributed by atoms with Crippen molar-refractivity contribution < 1.29 is 5.11 Å². The van der Waals surface area contributed by atoms with Crippen LogP contribution < -0.4 is 10.6 Å². The van der Waals surface area contributed by atoms with Crippen LogP contribution in [0.2, 0.25) is 0 Å². The summed E-state index contributed by atoms with van der Waals surface area (Å²) in [6.45, 7) is 9.69. The molecule has 0 aliphatic heterocycles. The van der Waals surface area contributed by atoms with Gasteiger partial charge in [0.15, 0.2) is 0 Å². The summed E-state index contributed by atoms with van der Waals surface area (Å²) in [6, 6.07) is 0.718. The predicted molar refractivity (Wildman–Crippen MR) is 106 cm³/mol. The number of hydrogen-bond donors (Lipinski definition) is 3. The van der Waals surface area contributed by atoms with Gasteiger partial charge in [-0.15, -0.1) is 0 Å². The quantitative estimate of drug-likeness (QED) is 0.440. The van der Waals surface area contributed by atoms with Crippen molar-refractivity contribution in [2.45, 2.75) is 52.2 Å². The molecule has 5 fully saturated rings. The smallest absolute Gasteiger partial charge is 0.0608 e. The fourth-order valence-corrected chi connectivity index (χ4v) is 8.12. The van der Waals surface area contributed by atoms with Crippen LogP contribution >= 0.6 is 0 Å². The summed E-state index contributed by atoms with van der Waals surface area (Å²) >= 11 is 0. The molecule has 5 saturated carbocycles. The van der Waals surface area contributed by atoms with Crippen LogP contribution in [0.4, 0.5) is 0 Å². The highest BCUT2D eigenvalue weighted by molar-refractivity contribution is 5.31. The number of rotatable bonds is 9. The molecule has 0 aromatic heterocycles. The summed E-state index contributed by atoms with van der Waals surface area (Å²) in [5.41, 5.74) is 2.90. The van der Waals surface area contributed by atoms with E-state index in [0.717, 1.165) is 67.6 Å². The first-order valence-electron chi connectivity index (χ1n) is 11.0. The first kappa shape index (κ1) is 17.5. The molecule has 5 aliphatic carbocycles. The molecular formula is C23H36N2O. The third kappa shape index (κ3) is 2.36. The molecule has 0 heterocycles. The Balaban J connectivity index is 1.04. The molecule has 5 rings (SSSR count). The van der Waals surface area contributed by atoms with Crippen LogP contribution in [0, 0.1) is 47.3 Å². The predicted octanol–water partition coefficient (Wildman–Crippen LogP) is 2.98. The minimum Gasteiger partial charge on any atom is -0.393 e. The Morgan fingerprint density at radius 3 is 2.50 bits per heavy atom. The lowest BCUT2D eigenvalue weighted by molar-refractivity contribution is -0.0646. The monoisotopic (exact) mass is 356 g/mol. The van der Waals surface area contributed by atoms with Crippen molar-refractivity contribution in [3.8, 4) is 0 Å². The van der Waals surface area contributed by atoms with Crippen molar-refractivity contribution in [2.24, 2.45) is 47.3 Å². The maximum Gasteiger partial charge on any atom is 0.0608 e. The highest BCUT2D eigenvalue weighted by Gasteiger charge is 2.83. The molecule has 3 nitrogen and oxygen atoms in total. The van der Waals surface area contributed by atoms with E-state index in [1.54, 1.807) is 0 Å². The first-order valence-corrected chi connectivity index (χ1v) is 11.0. The molecule has 0 aromatic rings. The molecule has 26 heavy (non-hydrogen) atoms. The van der Waals surface area contributed by atoms with Crippen molar-refractivity contribution in [1.82, 2.24) is 10.6 Å². The van der Waals surface area contributed by atoms with E-state index >= 15 is 0 Å². The average molecular weight is 357 g/mol. The molecule has 2 bridgehead atoms. The summed E-state index contributed by atoms with van der Waals surface area (Å²) in [5.74, 6) is 6.70. The second-order valence-corrected chi connectivity index (χ2v) is 10.1. The Bertz CT molecular complexity index is 622. The van der Waals surface area contributed by atoms with Crippen LogP contribution in [0.3, 0.4) is 0 Å². The van der Waals surface area contributed by atoms with Gasteiger partial charge in [-0.05, 0) is 87.4 Å². The molecule has 0 radical (unpaired) electrons. The number of aliphatic hydroxyl groups is 1. The second kappa shape index (κ2) is 6.46. The van der Waals surface area contributed by atoms with E-state index in [4.69, 9.17) is 0 Å². The number of allylic oxidation sites excluding steroid dienone is 3. The zero-order chi connectivity index (χ0) is 18.0. The largest absolute Gasteiger partial charge is 0.393 e. The molecule has 0 aromatic carbocycles. The number of hydrogen-bond acceptors (Lipinski definition) is 3. The average Bonchev–Trinajstić information content (AvgIpc) is 3.10. The van der Waals surface area contributed by atoms with E-state index in [0.29, 0.717) is 11.8 Å². The van der Waals surface area contributed by atoms with Crippen LogP contribution in [0.5, 0.6) is 0 Å². The van der Waals surface area contributed by atoms with Gasteiger partial charge in [-0.25, -0.2) is 0 Å². The number of fused-ring (bicyclic) bond motifs is 2. The van der Waals surface area contributed by atoms with Crippen LogP contribution in [-0.4, -0.2) is 36.9 Å². The van der Waals surface area contributed by atoms with Gasteiger partial charge >= 0.3 is 0 Å². The molecule has 0 amide bonds. The minimum absolute atomic E-state index is 0.0550. The maximum absolute atomic E-state index is 10.7. The minimum atomic E-state index is 0.0550. The van der Waals surface area contributed by atoms with Crippen LogP contribution in [0.25, 0.3) is 0 Å². The summed E-state index contributed by atoms with van der Waals surface area (Å²) in [5, 5.41) is 18.1. The van der Waals surface area contributed by atoms with E-state index in [9.17, 15) is 5.11 Å². The standard InChI is InChI=1S/C23H36N2O/c1-12(2)5-4-6-13(3)7-8-24-9-10-25-22-18-14-11-15-17-16(14)20(22)21(17)23(26)19(15)18/h5,7,14-26H,4,6,8-11H2,1-3H3/b13-7+. The Morgan fingerprint density at radius 1 is 0.923 bits per heavy atom. The van der Waals surface area contributed by atoms with E-state index in [-0.39, 0.29) is 6.10 Å². The number of nitrogens with one attached hydrogen (secondary N) is 2. The van der Waals surface area contributed by atoms with Crippen molar-refractivity contribution >= 4 is 0 Å². The normalized spacial score (nSPS) is 49.2. The SMILES string of the molecule is CC(C)=CCC/C(C)=C/CNCCNC1C2C3CC4C2C(O)C2C4C3C12. The summed E-state index contributed by atoms with van der Waals surface area (Å²) in [4.78, 5) is 0. The van der Waals surface area contributed by atoms with Crippen molar-refractivity contribution in [3.05, 3.63) is 23.3 Å². The van der Waals surface area contributed by atoms with Crippen molar-refractivity contribution in [2.75, 3.05) is 19.6 Å². The lowest BCUT2D eigenvalue weighted by Gasteiger charge is -2.49. The summed E-state index contributed by atoms with van der Waals surface area (Å²) in [7, 11) is 0. The van der Waals surface area contributed by atoms with Gasteiger partial charge in [0.05, 0.1) is 6.10 Å². The molecule has 3 N–H and O–H groups in total. The Hall–Kier alpha value is -0.640. The van der Waals surface area contributed by atoms with Crippen molar-refractivity contribution in [1.29, 1.82) is 0 Å². The summed E-state index contributed by atoms with van der Waals surface area (Å²) in [6.07, 6.45) is 8.51. The van der Waals surface area contributed by atoms with Crippen LogP contribution in [0.15, 0.2) is 23.3 Å². The van der Waals surface area contributed by atoms with E-state index in [1.165, 1.54) is 24.0 Å². The molecular weight excluding hydrogens is 320 g/mol. The van der Waals surface area contributed by atoms with Gasteiger partial charge in [-0.1, -0.05) is 23.3 Å². The van der Waals surface area contributed by atoms with Gasteiger partial charge in [0.2, 0.25) is 0 Å². The first-order chi connectivity index (χ1) is 12.6. The van der Waals surface area contributed by atoms with Crippen LogP contribution in [-0.2, 0) is 0 Å². The Labute approximate surface area is 158 Å². The molecule has 0 saturated heterocycles. The van der Waals surface area contributed by atoms with E-state index in [2.05, 4.69) is 43.6 Å². The summed E-state index contributed by atoms with van der Waals surface area (Å²) < 4.78 is 0. The lowest BCUT2D eigenvalue weighted by atomic mass is 9.58. The molecule has 10 atom stereocenters. The lowest BCUT2D eigenvalue weighted by Crippen LogP contribution is -2.56. The second-order valence-electron chi connectivity index (χ2n) is 10.1. The van der Waals surface area contributed by atoms with Gasteiger partial charge in [-0.2, -0.15) is 0 Å². The molecule has 3 heteroatoms. The van der Waals surface area contributed by atoms with Crippen molar-refractivity contribution in [3.63, 3.8) is 0 Å². The third-order valence-electron chi connectivity index (χ3n) is 8.73. The molecule has 144 valence electrons. The van der Waals surface area contributed by atoms with Gasteiger partial charge < -0.3 is 15.7 Å². The maximum atomic E-state index is 10.7.